The largest absolute Gasteiger partial charge is 0.396 e. The third-order valence-corrected chi connectivity index (χ3v) is 6.00. The maximum atomic E-state index is 12.2. The highest BCUT2D eigenvalue weighted by Crippen LogP contribution is 2.21. The van der Waals surface area contributed by atoms with E-state index in [1.165, 1.54) is 77.0 Å². The molecule has 26 heavy (non-hydrogen) atoms. The van der Waals surface area contributed by atoms with E-state index in [4.69, 9.17) is 5.11 Å². The molecule has 0 aromatic heterocycles. The molecular formula is C23H45NO2. The van der Waals surface area contributed by atoms with Crippen LogP contribution in [-0.2, 0) is 4.79 Å². The summed E-state index contributed by atoms with van der Waals surface area (Å²) in [5.41, 5.74) is 0. The van der Waals surface area contributed by atoms with E-state index in [9.17, 15) is 4.79 Å². The van der Waals surface area contributed by atoms with E-state index in [1.54, 1.807) is 0 Å². The maximum absolute atomic E-state index is 12.2. The van der Waals surface area contributed by atoms with Crippen molar-refractivity contribution in [3.63, 3.8) is 0 Å². The van der Waals surface area contributed by atoms with Crippen LogP contribution >= 0.6 is 0 Å². The maximum Gasteiger partial charge on any atom is 0.222 e. The predicted octanol–water partition coefficient (Wildman–Crippen LogP) is 6.09. The number of carbonyl (C=O) groups excluding carboxylic acids is 1. The fourth-order valence-electron chi connectivity index (χ4n) is 4.11. The Labute approximate surface area is 162 Å². The van der Waals surface area contributed by atoms with Gasteiger partial charge in [0.2, 0.25) is 5.91 Å². The fraction of sp³-hybridized carbons (Fsp3) is 0.957. The summed E-state index contributed by atoms with van der Waals surface area (Å²) in [6.45, 7) is 4.38. The molecule has 1 aliphatic heterocycles. The Kier molecular flexibility index (Phi) is 15.0. The van der Waals surface area contributed by atoms with Crippen molar-refractivity contribution in [3.8, 4) is 0 Å². The molecule has 1 aliphatic rings. The number of nitrogens with zero attached hydrogens (tertiary/aromatic N) is 1. The van der Waals surface area contributed by atoms with Crippen LogP contribution in [0.5, 0.6) is 0 Å². The molecule has 3 nitrogen and oxygen atoms in total. The van der Waals surface area contributed by atoms with Gasteiger partial charge in [0, 0.05) is 26.1 Å². The summed E-state index contributed by atoms with van der Waals surface area (Å²) in [4.78, 5) is 14.3. The molecule has 1 N–H and O–H groups in total. The van der Waals surface area contributed by atoms with Gasteiger partial charge in [-0.25, -0.2) is 0 Å². The molecule has 0 aromatic carbocycles. The molecule has 1 heterocycles. The number of likely N-dealkylation sites (tertiary alicyclic amines) is 1. The summed E-state index contributed by atoms with van der Waals surface area (Å²) in [5.74, 6) is 0.982. The van der Waals surface area contributed by atoms with Crippen LogP contribution in [0, 0.1) is 5.92 Å². The Hall–Kier alpha value is -0.570. The van der Waals surface area contributed by atoms with E-state index in [0.717, 1.165) is 45.2 Å². The number of carbonyl (C=O) groups is 1. The zero-order chi connectivity index (χ0) is 18.9. The first-order valence-corrected chi connectivity index (χ1v) is 11.7. The summed E-state index contributed by atoms with van der Waals surface area (Å²) < 4.78 is 0. The third kappa shape index (κ3) is 11.9. The second-order valence-electron chi connectivity index (χ2n) is 8.33. The molecular weight excluding hydrogens is 322 g/mol. The second-order valence-corrected chi connectivity index (χ2v) is 8.33. The normalized spacial score (nSPS) is 15.5. The van der Waals surface area contributed by atoms with E-state index in [1.807, 2.05) is 4.90 Å². The SMILES string of the molecule is CCCCCCCCCCCCCCCC(=O)N1CCC(CCO)CC1. The number of piperidine rings is 1. The molecule has 1 saturated heterocycles. The molecule has 0 spiro atoms. The van der Waals surface area contributed by atoms with Crippen LogP contribution in [0.4, 0.5) is 0 Å². The van der Waals surface area contributed by atoms with Crippen LogP contribution in [0.2, 0.25) is 0 Å². The minimum absolute atomic E-state index is 0.289. The van der Waals surface area contributed by atoms with Crippen molar-refractivity contribution in [2.24, 2.45) is 5.92 Å². The van der Waals surface area contributed by atoms with Crippen LogP contribution < -0.4 is 0 Å². The quantitative estimate of drug-likeness (QED) is 0.335. The minimum Gasteiger partial charge on any atom is -0.396 e. The summed E-state index contributed by atoms with van der Waals surface area (Å²) >= 11 is 0. The number of rotatable bonds is 16. The van der Waals surface area contributed by atoms with Crippen LogP contribution in [0.25, 0.3) is 0 Å². The lowest BCUT2D eigenvalue weighted by Crippen LogP contribution is -2.38. The van der Waals surface area contributed by atoms with Gasteiger partial charge in [-0.2, -0.15) is 0 Å². The van der Waals surface area contributed by atoms with Crippen molar-refractivity contribution in [2.75, 3.05) is 19.7 Å². The molecule has 0 radical (unpaired) electrons. The molecule has 1 fully saturated rings. The topological polar surface area (TPSA) is 40.5 Å². The first-order chi connectivity index (χ1) is 12.8. The van der Waals surface area contributed by atoms with Crippen molar-refractivity contribution in [1.82, 2.24) is 4.90 Å². The third-order valence-electron chi connectivity index (χ3n) is 6.00. The standard InChI is InChI=1S/C23H45NO2/c1-2-3-4-5-6-7-8-9-10-11-12-13-14-15-23(26)24-19-16-22(17-20-24)18-21-25/h22,25H,2-21H2,1H3. The average molecular weight is 368 g/mol. The molecule has 1 rings (SSSR count). The highest BCUT2D eigenvalue weighted by Gasteiger charge is 2.21. The lowest BCUT2D eigenvalue weighted by Gasteiger charge is -2.31. The second kappa shape index (κ2) is 16.6. The average Bonchev–Trinajstić information content (AvgIpc) is 2.66. The van der Waals surface area contributed by atoms with Gasteiger partial charge in [0.15, 0.2) is 0 Å². The molecule has 0 saturated carbocycles. The van der Waals surface area contributed by atoms with E-state index < -0.39 is 0 Å². The van der Waals surface area contributed by atoms with E-state index in [-0.39, 0.29) is 6.61 Å². The number of unbranched alkanes of at least 4 members (excludes halogenated alkanes) is 12. The number of hydrogen-bond acceptors (Lipinski definition) is 2. The highest BCUT2D eigenvalue weighted by molar-refractivity contribution is 5.76. The number of aliphatic hydroxyl groups excluding tert-OH is 1. The van der Waals surface area contributed by atoms with Gasteiger partial charge in [0.1, 0.15) is 0 Å². The Bertz CT molecular complexity index is 324. The zero-order valence-corrected chi connectivity index (χ0v) is 17.5. The molecule has 0 aromatic rings. The van der Waals surface area contributed by atoms with E-state index in [2.05, 4.69) is 6.92 Å². The van der Waals surface area contributed by atoms with Gasteiger partial charge in [0.25, 0.3) is 0 Å². The van der Waals surface area contributed by atoms with Gasteiger partial charge < -0.3 is 10.0 Å². The van der Waals surface area contributed by atoms with Gasteiger partial charge in [0.05, 0.1) is 0 Å². The van der Waals surface area contributed by atoms with Crippen molar-refractivity contribution in [3.05, 3.63) is 0 Å². The van der Waals surface area contributed by atoms with E-state index >= 15 is 0 Å². The van der Waals surface area contributed by atoms with Gasteiger partial charge in [-0.1, -0.05) is 84.0 Å². The van der Waals surface area contributed by atoms with Crippen LogP contribution in [0.1, 0.15) is 116 Å². The van der Waals surface area contributed by atoms with Crippen molar-refractivity contribution >= 4 is 5.91 Å². The Balaban J connectivity index is 1.83. The molecule has 3 heteroatoms. The van der Waals surface area contributed by atoms with Gasteiger partial charge in [-0.05, 0) is 31.6 Å². The molecule has 154 valence electrons. The van der Waals surface area contributed by atoms with Crippen molar-refractivity contribution in [2.45, 2.75) is 116 Å². The van der Waals surface area contributed by atoms with Gasteiger partial charge in [-0.15, -0.1) is 0 Å². The summed E-state index contributed by atoms with van der Waals surface area (Å²) in [7, 11) is 0. The molecule has 0 aliphatic carbocycles. The molecule has 0 unspecified atom stereocenters. The summed E-state index contributed by atoms with van der Waals surface area (Å²) in [5, 5.41) is 9.00. The smallest absolute Gasteiger partial charge is 0.222 e. The van der Waals surface area contributed by atoms with E-state index in [0.29, 0.717) is 11.8 Å². The van der Waals surface area contributed by atoms with Crippen LogP contribution in [0.15, 0.2) is 0 Å². The van der Waals surface area contributed by atoms with Crippen molar-refractivity contribution in [1.29, 1.82) is 0 Å². The number of aliphatic hydroxyl groups is 1. The summed E-state index contributed by atoms with van der Waals surface area (Å²) in [6, 6.07) is 0. The zero-order valence-electron chi connectivity index (χ0n) is 17.5. The Morgan fingerprint density at radius 1 is 0.808 bits per heavy atom. The lowest BCUT2D eigenvalue weighted by molar-refractivity contribution is -0.132. The molecule has 0 atom stereocenters. The molecule has 1 amide bonds. The van der Waals surface area contributed by atoms with Crippen LogP contribution in [-0.4, -0.2) is 35.6 Å². The van der Waals surface area contributed by atoms with Gasteiger partial charge in [-0.3, -0.25) is 4.79 Å². The molecule has 0 bridgehead atoms. The summed E-state index contributed by atoms with van der Waals surface area (Å²) in [6.07, 6.45) is 21.4. The first kappa shape index (κ1) is 23.5. The predicted molar refractivity (Wildman–Crippen MR) is 111 cm³/mol. The monoisotopic (exact) mass is 367 g/mol. The number of amides is 1. The fourth-order valence-corrected chi connectivity index (χ4v) is 4.11. The Morgan fingerprint density at radius 3 is 1.73 bits per heavy atom. The minimum atomic E-state index is 0.289. The Morgan fingerprint density at radius 2 is 1.27 bits per heavy atom. The highest BCUT2D eigenvalue weighted by atomic mass is 16.3. The van der Waals surface area contributed by atoms with Crippen molar-refractivity contribution < 1.29 is 9.90 Å². The lowest BCUT2D eigenvalue weighted by atomic mass is 9.93. The number of hydrogen-bond donors (Lipinski definition) is 1. The van der Waals surface area contributed by atoms with Crippen LogP contribution in [0.3, 0.4) is 0 Å². The first-order valence-electron chi connectivity index (χ1n) is 11.7. The van der Waals surface area contributed by atoms with Gasteiger partial charge >= 0.3 is 0 Å².